The van der Waals surface area contributed by atoms with E-state index in [0.717, 1.165) is 12.1 Å². The van der Waals surface area contributed by atoms with Crippen molar-refractivity contribution in [2.45, 2.75) is 13.3 Å². The van der Waals surface area contributed by atoms with Gasteiger partial charge in [0.1, 0.15) is 0 Å². The fraction of sp³-hybridized carbons (Fsp3) is 0.333. The molecule has 0 aliphatic heterocycles. The number of nitrogens with zero attached hydrogens (tertiary/aromatic N) is 4. The molecule has 0 fully saturated rings. The van der Waals surface area contributed by atoms with Crippen LogP contribution in [-0.4, -0.2) is 26.8 Å². The van der Waals surface area contributed by atoms with Crippen molar-refractivity contribution in [1.82, 2.24) is 20.2 Å². The molecule has 0 aliphatic rings. The van der Waals surface area contributed by atoms with Gasteiger partial charge in [-0.3, -0.25) is 0 Å². The number of aryl methyl sites for hydroxylation is 1. The zero-order valence-corrected chi connectivity index (χ0v) is 9.07. The Balaban J connectivity index is 1.83. The Labute approximate surface area is 91.2 Å². The number of ether oxygens (including phenoxy) is 1. The maximum Gasteiger partial charge on any atom is 0.335 e. The van der Waals surface area contributed by atoms with Crippen LogP contribution in [0.15, 0.2) is 17.9 Å². The van der Waals surface area contributed by atoms with E-state index in [1.54, 1.807) is 17.5 Å². The highest BCUT2D eigenvalue weighted by molar-refractivity contribution is 7.09. The summed E-state index contributed by atoms with van der Waals surface area (Å²) in [4.78, 5) is 9.31. The van der Waals surface area contributed by atoms with Gasteiger partial charge in [0, 0.05) is 11.3 Å². The summed E-state index contributed by atoms with van der Waals surface area (Å²) in [7, 11) is 0. The predicted octanol–water partition coefficient (Wildman–Crippen LogP) is 1.26. The molecule has 78 valence electrons. The van der Waals surface area contributed by atoms with Crippen LogP contribution in [0.3, 0.4) is 0 Å². The van der Waals surface area contributed by atoms with Gasteiger partial charge in [-0.2, -0.15) is 5.10 Å². The molecule has 0 saturated carbocycles. The largest absolute Gasteiger partial charge is 0.462 e. The quantitative estimate of drug-likeness (QED) is 0.779. The molecule has 2 heterocycles. The SMILES string of the molecule is Cc1ncsc1CCOc1nccnn1. The number of aromatic nitrogens is 4. The van der Waals surface area contributed by atoms with Crippen molar-refractivity contribution in [2.75, 3.05) is 6.61 Å². The lowest BCUT2D eigenvalue weighted by molar-refractivity contribution is 0.292. The first-order valence-electron chi connectivity index (χ1n) is 4.51. The molecule has 15 heavy (non-hydrogen) atoms. The fourth-order valence-electron chi connectivity index (χ4n) is 1.10. The molecule has 0 N–H and O–H groups in total. The molecule has 0 radical (unpaired) electrons. The minimum atomic E-state index is 0.319. The zero-order valence-electron chi connectivity index (χ0n) is 8.25. The van der Waals surface area contributed by atoms with Crippen molar-refractivity contribution in [1.29, 1.82) is 0 Å². The average molecular weight is 222 g/mol. The molecule has 5 nitrogen and oxygen atoms in total. The minimum Gasteiger partial charge on any atom is -0.462 e. The van der Waals surface area contributed by atoms with Gasteiger partial charge in [0.05, 0.1) is 30.2 Å². The summed E-state index contributed by atoms with van der Waals surface area (Å²) in [6, 6.07) is 0.319. The first-order valence-corrected chi connectivity index (χ1v) is 5.39. The Kier molecular flexibility index (Phi) is 3.18. The number of hydrogen-bond acceptors (Lipinski definition) is 6. The summed E-state index contributed by atoms with van der Waals surface area (Å²) in [5.41, 5.74) is 2.90. The third-order valence-electron chi connectivity index (χ3n) is 1.87. The molecule has 2 aromatic rings. The summed E-state index contributed by atoms with van der Waals surface area (Å²) >= 11 is 1.64. The van der Waals surface area contributed by atoms with E-state index < -0.39 is 0 Å². The number of hydrogen-bond donors (Lipinski definition) is 0. The van der Waals surface area contributed by atoms with Crippen molar-refractivity contribution in [3.8, 4) is 6.01 Å². The second kappa shape index (κ2) is 4.79. The van der Waals surface area contributed by atoms with Gasteiger partial charge >= 0.3 is 6.01 Å². The summed E-state index contributed by atoms with van der Waals surface area (Å²) in [6.07, 6.45) is 3.90. The molecule has 0 atom stereocenters. The molecule has 0 saturated heterocycles. The maximum absolute atomic E-state index is 5.33. The van der Waals surface area contributed by atoms with Crippen LogP contribution in [0.5, 0.6) is 6.01 Å². The molecule has 0 spiro atoms. The Morgan fingerprint density at radius 3 is 2.93 bits per heavy atom. The van der Waals surface area contributed by atoms with E-state index in [2.05, 4.69) is 20.2 Å². The first kappa shape index (κ1) is 9.97. The lowest BCUT2D eigenvalue weighted by atomic mass is 10.3. The Hall–Kier alpha value is -1.56. The maximum atomic E-state index is 5.33. The molecule has 2 aromatic heterocycles. The monoisotopic (exact) mass is 222 g/mol. The van der Waals surface area contributed by atoms with Crippen molar-refractivity contribution < 1.29 is 4.74 Å². The normalized spacial score (nSPS) is 10.2. The molecular weight excluding hydrogens is 212 g/mol. The zero-order chi connectivity index (χ0) is 10.5. The van der Waals surface area contributed by atoms with Crippen LogP contribution in [0.4, 0.5) is 0 Å². The average Bonchev–Trinajstić information content (AvgIpc) is 2.66. The van der Waals surface area contributed by atoms with Crippen molar-refractivity contribution >= 4 is 11.3 Å². The highest BCUT2D eigenvalue weighted by atomic mass is 32.1. The molecule has 6 heteroatoms. The van der Waals surface area contributed by atoms with Gasteiger partial charge in [-0.1, -0.05) is 5.10 Å². The first-order chi connectivity index (χ1) is 7.36. The summed E-state index contributed by atoms with van der Waals surface area (Å²) in [6.45, 7) is 2.54. The lowest BCUT2D eigenvalue weighted by Crippen LogP contribution is -2.04. The summed E-state index contributed by atoms with van der Waals surface area (Å²) < 4.78 is 5.33. The standard InChI is InChI=1S/C9H10N4OS/c1-7-8(15-6-11-7)2-5-14-9-10-3-4-12-13-9/h3-4,6H,2,5H2,1H3. The summed E-state index contributed by atoms with van der Waals surface area (Å²) in [5.74, 6) is 0. The van der Waals surface area contributed by atoms with Crippen LogP contribution in [0, 0.1) is 6.92 Å². The lowest BCUT2D eigenvalue weighted by Gasteiger charge is -2.01. The van der Waals surface area contributed by atoms with Crippen molar-refractivity contribution in [3.05, 3.63) is 28.5 Å². The topological polar surface area (TPSA) is 60.8 Å². The van der Waals surface area contributed by atoms with Gasteiger partial charge in [0.2, 0.25) is 0 Å². The number of rotatable bonds is 4. The van der Waals surface area contributed by atoms with Gasteiger partial charge in [0.25, 0.3) is 0 Å². The van der Waals surface area contributed by atoms with Crippen molar-refractivity contribution in [3.63, 3.8) is 0 Å². The molecule has 0 amide bonds. The Bertz CT molecular complexity index is 417. The smallest absolute Gasteiger partial charge is 0.335 e. The van der Waals surface area contributed by atoms with Crippen LogP contribution in [0.25, 0.3) is 0 Å². The third-order valence-corrected chi connectivity index (χ3v) is 2.86. The molecule has 0 bridgehead atoms. The Morgan fingerprint density at radius 2 is 2.27 bits per heavy atom. The van der Waals surface area contributed by atoms with E-state index in [9.17, 15) is 0 Å². The second-order valence-corrected chi connectivity index (χ2v) is 3.82. The molecule has 0 aromatic carbocycles. The van der Waals surface area contributed by atoms with Crippen LogP contribution < -0.4 is 4.74 Å². The summed E-state index contributed by atoms with van der Waals surface area (Å²) in [5, 5.41) is 7.40. The van der Waals surface area contributed by atoms with Gasteiger partial charge in [-0.15, -0.1) is 11.3 Å². The van der Waals surface area contributed by atoms with Crippen LogP contribution in [0.1, 0.15) is 10.6 Å². The van der Waals surface area contributed by atoms with E-state index in [1.165, 1.54) is 11.1 Å². The molecular formula is C9H10N4OS. The van der Waals surface area contributed by atoms with E-state index in [-0.39, 0.29) is 0 Å². The predicted molar refractivity (Wildman–Crippen MR) is 55.9 cm³/mol. The van der Waals surface area contributed by atoms with Crippen LogP contribution in [0.2, 0.25) is 0 Å². The van der Waals surface area contributed by atoms with E-state index in [4.69, 9.17) is 4.74 Å². The molecule has 0 aliphatic carbocycles. The van der Waals surface area contributed by atoms with E-state index >= 15 is 0 Å². The van der Waals surface area contributed by atoms with Gasteiger partial charge < -0.3 is 4.74 Å². The highest BCUT2D eigenvalue weighted by Gasteiger charge is 2.02. The molecule has 0 unspecified atom stereocenters. The molecule has 2 rings (SSSR count). The van der Waals surface area contributed by atoms with E-state index in [1.807, 2.05) is 12.4 Å². The van der Waals surface area contributed by atoms with Gasteiger partial charge in [-0.25, -0.2) is 9.97 Å². The van der Waals surface area contributed by atoms with Gasteiger partial charge in [-0.05, 0) is 6.92 Å². The fourth-order valence-corrected chi connectivity index (χ4v) is 1.87. The minimum absolute atomic E-state index is 0.319. The third kappa shape index (κ3) is 2.69. The van der Waals surface area contributed by atoms with Gasteiger partial charge in [0.15, 0.2) is 0 Å². The van der Waals surface area contributed by atoms with Crippen LogP contribution in [-0.2, 0) is 6.42 Å². The number of thiazole rings is 1. The van der Waals surface area contributed by atoms with E-state index in [0.29, 0.717) is 12.6 Å². The second-order valence-electron chi connectivity index (χ2n) is 2.88. The Morgan fingerprint density at radius 1 is 1.33 bits per heavy atom. The highest BCUT2D eigenvalue weighted by Crippen LogP contribution is 2.12. The van der Waals surface area contributed by atoms with Crippen molar-refractivity contribution in [2.24, 2.45) is 0 Å². The van der Waals surface area contributed by atoms with Crippen LogP contribution >= 0.6 is 11.3 Å².